The Morgan fingerprint density at radius 1 is 1.15 bits per heavy atom. The minimum absolute atomic E-state index is 0.0724. The molecule has 11 heteroatoms. The van der Waals surface area contributed by atoms with Crippen LogP contribution in [0, 0.1) is 29.3 Å². The zero-order chi connectivity index (χ0) is 24.1. The van der Waals surface area contributed by atoms with Crippen LogP contribution in [0.5, 0.6) is 0 Å². The van der Waals surface area contributed by atoms with Gasteiger partial charge in [-0.2, -0.15) is 0 Å². The fraction of sp³-hybridized carbons (Fsp3) is 0.409. The highest BCUT2D eigenvalue weighted by molar-refractivity contribution is 7.92. The van der Waals surface area contributed by atoms with Gasteiger partial charge in [0.2, 0.25) is 0 Å². The maximum absolute atomic E-state index is 13.4. The summed E-state index contributed by atoms with van der Waals surface area (Å²) in [4.78, 5) is 12.3. The average molecular weight is 504 g/mol. The summed E-state index contributed by atoms with van der Waals surface area (Å²) < 4.78 is 71.7. The Kier molecular flexibility index (Phi) is 6.24. The van der Waals surface area contributed by atoms with E-state index in [4.69, 9.17) is 16.3 Å². The van der Waals surface area contributed by atoms with E-state index in [2.05, 4.69) is 5.32 Å². The molecule has 0 saturated heterocycles. The van der Waals surface area contributed by atoms with E-state index in [1.165, 1.54) is 19.2 Å². The average Bonchev–Trinajstić information content (AvgIpc) is 2.77. The first-order valence-corrected chi connectivity index (χ1v) is 12.1. The molecule has 2 aromatic carbocycles. The lowest BCUT2D eigenvalue weighted by molar-refractivity contribution is -0.202. The van der Waals surface area contributed by atoms with Crippen molar-refractivity contribution >= 4 is 33.0 Å². The number of rotatable bonds is 6. The Morgan fingerprint density at radius 3 is 2.33 bits per heavy atom. The number of carbonyl (C=O) groups excluding carboxylic acids is 1. The number of aliphatic hydroxyl groups is 1. The molecule has 33 heavy (non-hydrogen) atoms. The smallest absolute Gasteiger partial charge is 0.255 e. The van der Waals surface area contributed by atoms with Crippen molar-refractivity contribution in [3.05, 3.63) is 58.4 Å². The number of carbonyl (C=O) groups is 1. The molecule has 2 unspecified atom stereocenters. The molecule has 6 nitrogen and oxygen atoms in total. The molecular formula is C22H21ClF3NO5S. The molecule has 0 spiro atoms. The summed E-state index contributed by atoms with van der Waals surface area (Å²) in [6.45, 7) is 0.135. The van der Waals surface area contributed by atoms with Crippen LogP contribution in [0.1, 0.15) is 29.6 Å². The number of anilines is 1. The lowest BCUT2D eigenvalue weighted by atomic mass is 9.54. The summed E-state index contributed by atoms with van der Waals surface area (Å²) in [5, 5.41) is 12.1. The molecule has 3 aliphatic carbocycles. The third kappa shape index (κ3) is 4.14. The van der Waals surface area contributed by atoms with Gasteiger partial charge in [0.15, 0.2) is 27.3 Å². The number of hydrogen-bond acceptors (Lipinski definition) is 5. The van der Waals surface area contributed by atoms with Gasteiger partial charge in [0, 0.05) is 30.5 Å². The first-order chi connectivity index (χ1) is 15.5. The van der Waals surface area contributed by atoms with Crippen LogP contribution in [-0.4, -0.2) is 44.0 Å². The molecule has 2 aromatic rings. The van der Waals surface area contributed by atoms with E-state index in [0.717, 1.165) is 6.07 Å². The Morgan fingerprint density at radius 2 is 1.76 bits per heavy atom. The van der Waals surface area contributed by atoms with Crippen molar-refractivity contribution in [2.45, 2.75) is 35.0 Å². The number of ether oxygens (including phenoxy) is 1. The number of benzene rings is 2. The second-order valence-electron chi connectivity index (χ2n) is 8.55. The van der Waals surface area contributed by atoms with Crippen molar-refractivity contribution < 1.29 is 36.2 Å². The molecule has 0 aromatic heterocycles. The number of halogens is 4. The summed E-state index contributed by atoms with van der Waals surface area (Å²) >= 11 is 6.16. The van der Waals surface area contributed by atoms with Crippen molar-refractivity contribution in [2.24, 2.45) is 11.8 Å². The largest absolute Gasteiger partial charge is 0.387 e. The number of amides is 1. The van der Waals surface area contributed by atoms with Crippen molar-refractivity contribution in [3.63, 3.8) is 0 Å². The van der Waals surface area contributed by atoms with Gasteiger partial charge in [-0.25, -0.2) is 21.6 Å². The van der Waals surface area contributed by atoms with E-state index in [0.29, 0.717) is 18.6 Å². The molecule has 0 radical (unpaired) electrons. The number of hydrogen-bond donors (Lipinski definition) is 2. The van der Waals surface area contributed by atoms with Crippen LogP contribution in [0.3, 0.4) is 0 Å². The van der Waals surface area contributed by atoms with Gasteiger partial charge in [-0.05, 0) is 49.3 Å². The highest BCUT2D eigenvalue weighted by Gasteiger charge is 2.60. The molecule has 3 saturated carbocycles. The van der Waals surface area contributed by atoms with Gasteiger partial charge in [0.05, 0.1) is 27.4 Å². The Bertz CT molecular complexity index is 1190. The molecule has 0 heterocycles. The summed E-state index contributed by atoms with van der Waals surface area (Å²) in [5.74, 6) is -5.91. The molecule has 5 rings (SSSR count). The second-order valence-corrected chi connectivity index (χ2v) is 11.1. The zero-order valence-corrected chi connectivity index (χ0v) is 19.0. The predicted octanol–water partition coefficient (Wildman–Crippen LogP) is 3.96. The maximum atomic E-state index is 13.4. The number of nitrogens with one attached hydrogen (secondary N) is 1. The minimum Gasteiger partial charge on any atom is -0.387 e. The molecule has 0 aliphatic heterocycles. The van der Waals surface area contributed by atoms with Crippen LogP contribution in [0.25, 0.3) is 0 Å². The van der Waals surface area contributed by atoms with E-state index in [9.17, 15) is 31.5 Å². The summed E-state index contributed by atoms with van der Waals surface area (Å²) in [6, 6.07) is 4.84. The van der Waals surface area contributed by atoms with Gasteiger partial charge in [0.25, 0.3) is 5.91 Å². The lowest BCUT2D eigenvalue weighted by Crippen LogP contribution is -2.64. The topological polar surface area (TPSA) is 92.7 Å². The quantitative estimate of drug-likeness (QED) is 0.582. The lowest BCUT2D eigenvalue weighted by Gasteiger charge is -2.57. The fourth-order valence-corrected chi connectivity index (χ4v) is 7.25. The van der Waals surface area contributed by atoms with Gasteiger partial charge < -0.3 is 15.2 Å². The Labute approximate surface area is 193 Å². The fourth-order valence-electron chi connectivity index (χ4n) is 4.85. The molecule has 3 fully saturated rings. The normalized spacial score (nSPS) is 26.5. The van der Waals surface area contributed by atoms with E-state index >= 15 is 0 Å². The van der Waals surface area contributed by atoms with Crippen molar-refractivity contribution in [1.82, 2.24) is 0 Å². The molecule has 2 atom stereocenters. The third-order valence-electron chi connectivity index (χ3n) is 6.63. The summed E-state index contributed by atoms with van der Waals surface area (Å²) in [5.41, 5.74) is -1.48. The van der Waals surface area contributed by atoms with Crippen molar-refractivity contribution in [2.75, 3.05) is 19.0 Å². The molecule has 2 bridgehead atoms. The zero-order valence-electron chi connectivity index (χ0n) is 17.4. The summed E-state index contributed by atoms with van der Waals surface area (Å²) in [7, 11) is -2.46. The number of methoxy groups -OCH3 is 1. The Hall–Kier alpha value is -2.14. The van der Waals surface area contributed by atoms with Crippen LogP contribution in [0.4, 0.5) is 18.9 Å². The van der Waals surface area contributed by atoms with Gasteiger partial charge in [-0.15, -0.1) is 0 Å². The van der Waals surface area contributed by atoms with Gasteiger partial charge in [0.1, 0.15) is 0 Å². The SMILES string of the molecule is COCC1(O)C2CC1CC(S(=O)(=O)c1cc(C(=O)Nc3cc(F)c(F)c(F)c3)ccc1Cl)C2. The molecule has 178 valence electrons. The van der Waals surface area contributed by atoms with Crippen LogP contribution in [-0.2, 0) is 14.6 Å². The van der Waals surface area contributed by atoms with E-state index in [1.54, 1.807) is 0 Å². The van der Waals surface area contributed by atoms with Crippen LogP contribution < -0.4 is 5.32 Å². The highest BCUT2D eigenvalue weighted by atomic mass is 35.5. The molecule has 3 aliphatic rings. The number of sulfone groups is 1. The predicted molar refractivity (Wildman–Crippen MR) is 114 cm³/mol. The minimum atomic E-state index is -3.94. The van der Waals surface area contributed by atoms with Crippen molar-refractivity contribution in [1.29, 1.82) is 0 Å². The summed E-state index contributed by atoms with van der Waals surface area (Å²) in [6.07, 6.45) is 1.19. The van der Waals surface area contributed by atoms with Gasteiger partial charge in [-0.3, -0.25) is 4.79 Å². The Balaban J connectivity index is 1.57. The maximum Gasteiger partial charge on any atom is 0.255 e. The van der Waals surface area contributed by atoms with Crippen LogP contribution in [0.2, 0.25) is 5.02 Å². The molecule has 2 N–H and O–H groups in total. The highest BCUT2D eigenvalue weighted by Crippen LogP contribution is 2.55. The standard InChI is InChI=1S/C22H21ClF3NO5S/c1-32-10-22(29)12-5-13(22)7-15(6-12)33(30,31)19-4-11(2-3-16(19)23)21(28)27-14-8-17(24)20(26)18(25)9-14/h2-4,8-9,12-13,15,29H,5-7,10H2,1H3,(H,27,28). The third-order valence-corrected chi connectivity index (χ3v) is 9.29. The van der Waals surface area contributed by atoms with Crippen LogP contribution >= 0.6 is 11.6 Å². The van der Waals surface area contributed by atoms with Crippen molar-refractivity contribution in [3.8, 4) is 0 Å². The first-order valence-electron chi connectivity index (χ1n) is 10.2. The number of fused-ring (bicyclic) bond motifs is 2. The van der Waals surface area contributed by atoms with E-state index in [1.807, 2.05) is 0 Å². The van der Waals surface area contributed by atoms with E-state index in [-0.39, 0.29) is 52.5 Å². The van der Waals surface area contributed by atoms with Crippen LogP contribution in [0.15, 0.2) is 35.2 Å². The second kappa shape index (κ2) is 8.57. The van der Waals surface area contributed by atoms with Gasteiger partial charge in [-0.1, -0.05) is 11.6 Å². The molecular weight excluding hydrogens is 483 g/mol. The molecule has 1 amide bonds. The monoisotopic (exact) mass is 503 g/mol. The van der Waals surface area contributed by atoms with Gasteiger partial charge >= 0.3 is 0 Å². The first kappa shape index (κ1) is 24.0. The van der Waals surface area contributed by atoms with E-state index < -0.39 is 44.0 Å².